The molecule has 5 heteroatoms. The van der Waals surface area contributed by atoms with Gasteiger partial charge in [-0.05, 0) is 128 Å². The van der Waals surface area contributed by atoms with E-state index >= 15 is 0 Å². The zero-order valence-electron chi connectivity index (χ0n) is 44.3. The van der Waals surface area contributed by atoms with Crippen molar-refractivity contribution in [1.29, 1.82) is 0 Å². The van der Waals surface area contributed by atoms with E-state index in [4.69, 9.17) is 14.2 Å². The third kappa shape index (κ3) is 54.9. The van der Waals surface area contributed by atoms with Crippen molar-refractivity contribution in [3.63, 3.8) is 0 Å². The number of carbonyl (C=O) groups is 2. The minimum Gasteiger partial charge on any atom is -0.462 e. The van der Waals surface area contributed by atoms with Crippen molar-refractivity contribution in [2.75, 3.05) is 19.8 Å². The fraction of sp³-hybridized carbons (Fsp3) is 0.651. The summed E-state index contributed by atoms with van der Waals surface area (Å²) in [5.74, 6) is -0.455. The number of esters is 2. The molecule has 0 heterocycles. The molecule has 0 bridgehead atoms. The molecule has 0 amide bonds. The molecule has 0 aromatic rings. The molecule has 0 saturated carbocycles. The highest BCUT2D eigenvalue weighted by atomic mass is 16.6. The normalized spacial score (nSPS) is 13.2. The first-order valence-electron chi connectivity index (χ1n) is 28.1. The van der Waals surface area contributed by atoms with E-state index in [1.807, 2.05) is 0 Å². The maximum atomic E-state index is 12.8. The lowest BCUT2D eigenvalue weighted by molar-refractivity contribution is -0.163. The average Bonchev–Trinajstić information content (AvgIpc) is 3.34. The Balaban J connectivity index is 4.38. The molecular formula is C63H104O5. The average molecular weight is 942 g/mol. The van der Waals surface area contributed by atoms with Crippen LogP contribution in [0.25, 0.3) is 0 Å². The van der Waals surface area contributed by atoms with Gasteiger partial charge < -0.3 is 14.2 Å². The zero-order valence-corrected chi connectivity index (χ0v) is 44.3. The Labute approximate surface area is 420 Å². The van der Waals surface area contributed by atoms with Crippen LogP contribution in [0.1, 0.15) is 239 Å². The van der Waals surface area contributed by atoms with E-state index in [9.17, 15) is 9.59 Å². The van der Waals surface area contributed by atoms with E-state index in [1.165, 1.54) is 77.0 Å². The molecular weight excluding hydrogens is 837 g/mol. The summed E-state index contributed by atoms with van der Waals surface area (Å²) in [7, 11) is 0. The molecule has 0 aliphatic heterocycles. The highest BCUT2D eigenvalue weighted by Crippen LogP contribution is 2.13. The van der Waals surface area contributed by atoms with Crippen molar-refractivity contribution < 1.29 is 23.8 Å². The van der Waals surface area contributed by atoms with Crippen LogP contribution in [0, 0.1) is 0 Å². The zero-order chi connectivity index (χ0) is 49.2. The Kier molecular flexibility index (Phi) is 54.5. The van der Waals surface area contributed by atoms with Crippen LogP contribution in [-0.2, 0) is 23.8 Å². The lowest BCUT2D eigenvalue weighted by Gasteiger charge is -2.18. The first-order valence-corrected chi connectivity index (χ1v) is 28.1. The molecule has 0 aromatic carbocycles. The summed E-state index contributed by atoms with van der Waals surface area (Å²) in [4.78, 5) is 25.5. The van der Waals surface area contributed by atoms with Gasteiger partial charge in [0, 0.05) is 19.4 Å². The summed E-state index contributed by atoms with van der Waals surface area (Å²) in [6, 6.07) is 0. The molecule has 0 aromatic heterocycles. The van der Waals surface area contributed by atoms with E-state index in [1.54, 1.807) is 0 Å². The number of ether oxygens (including phenoxy) is 3. The smallest absolute Gasteiger partial charge is 0.306 e. The number of hydrogen-bond acceptors (Lipinski definition) is 5. The Morgan fingerprint density at radius 3 is 1.06 bits per heavy atom. The molecule has 5 nitrogen and oxygen atoms in total. The minimum atomic E-state index is -0.570. The van der Waals surface area contributed by atoms with Crippen LogP contribution < -0.4 is 0 Å². The van der Waals surface area contributed by atoms with Crippen LogP contribution >= 0.6 is 0 Å². The largest absolute Gasteiger partial charge is 0.462 e. The SMILES string of the molecule is CC/C=C\C/C=C\C/C=C\C/C=C\CCCCCCC(=O)OCC(COCCCCCCCCC/C=C\C/C=C\C/C=C\CCCCC)OC(=O)CCCCCCC/C=C\C/C=C\C/C=C\CC. The maximum Gasteiger partial charge on any atom is 0.306 e. The molecule has 68 heavy (non-hydrogen) atoms. The molecule has 0 rings (SSSR count). The fourth-order valence-electron chi connectivity index (χ4n) is 7.34. The second-order valence-electron chi connectivity index (χ2n) is 18.1. The van der Waals surface area contributed by atoms with Crippen molar-refractivity contribution in [2.24, 2.45) is 0 Å². The summed E-state index contributed by atoms with van der Waals surface area (Å²) < 4.78 is 17.4. The summed E-state index contributed by atoms with van der Waals surface area (Å²) in [6.45, 7) is 7.51. The molecule has 0 N–H and O–H groups in total. The number of hydrogen-bond donors (Lipinski definition) is 0. The van der Waals surface area contributed by atoms with Gasteiger partial charge >= 0.3 is 11.9 Å². The van der Waals surface area contributed by atoms with E-state index in [0.29, 0.717) is 19.4 Å². The maximum absolute atomic E-state index is 12.8. The highest BCUT2D eigenvalue weighted by Gasteiger charge is 2.17. The van der Waals surface area contributed by atoms with Crippen molar-refractivity contribution in [1.82, 2.24) is 0 Å². The standard InChI is InChI=1S/C63H104O5/c1-4-7-10-13-16-19-22-25-28-30-31-32-34-37-40-43-46-49-52-55-58-66-59-61(68-63(65)57-54-51-48-45-42-39-35-27-24-21-18-15-12-9-6-3)60-67-62(64)56-53-50-47-44-41-38-36-33-29-26-23-20-17-14-11-8-5-2/h8-9,11-12,16-21,25-29,31-32,35-36,38,61H,4-7,10,13-15,22-24,30,33-34,37,39-60H2,1-3H3/b11-8-,12-9-,19-16-,20-17-,21-18-,28-25-,29-26-,32-31-,35-27-,38-36-. The molecule has 0 saturated heterocycles. The van der Waals surface area contributed by atoms with Gasteiger partial charge in [0.05, 0.1) is 6.61 Å². The topological polar surface area (TPSA) is 61.8 Å². The molecule has 1 unspecified atom stereocenters. The van der Waals surface area contributed by atoms with Crippen molar-refractivity contribution in [3.05, 3.63) is 122 Å². The van der Waals surface area contributed by atoms with Gasteiger partial charge in [-0.1, -0.05) is 219 Å². The second kappa shape index (κ2) is 57.6. The van der Waals surface area contributed by atoms with Crippen LogP contribution in [0.2, 0.25) is 0 Å². The van der Waals surface area contributed by atoms with Gasteiger partial charge in [0.1, 0.15) is 6.61 Å². The predicted octanol–water partition coefficient (Wildman–Crippen LogP) is 19.3. The molecule has 0 aliphatic carbocycles. The number of rotatable bonds is 50. The summed E-state index contributed by atoms with van der Waals surface area (Å²) in [5.41, 5.74) is 0. The lowest BCUT2D eigenvalue weighted by Crippen LogP contribution is -2.30. The first-order chi connectivity index (χ1) is 33.6. The van der Waals surface area contributed by atoms with Crippen molar-refractivity contribution >= 4 is 11.9 Å². The molecule has 1 atom stereocenters. The minimum absolute atomic E-state index is 0.0539. The Bertz CT molecular complexity index is 1390. The van der Waals surface area contributed by atoms with Gasteiger partial charge in [0.25, 0.3) is 0 Å². The lowest BCUT2D eigenvalue weighted by atomic mass is 10.1. The Morgan fingerprint density at radius 1 is 0.338 bits per heavy atom. The number of allylic oxidation sites excluding steroid dienone is 20. The van der Waals surface area contributed by atoms with Crippen molar-refractivity contribution in [3.8, 4) is 0 Å². The van der Waals surface area contributed by atoms with E-state index < -0.39 is 6.10 Å². The van der Waals surface area contributed by atoms with Crippen LogP contribution in [0.5, 0.6) is 0 Å². The van der Waals surface area contributed by atoms with Crippen LogP contribution in [0.4, 0.5) is 0 Å². The van der Waals surface area contributed by atoms with E-state index in [0.717, 1.165) is 128 Å². The monoisotopic (exact) mass is 941 g/mol. The van der Waals surface area contributed by atoms with Gasteiger partial charge in [0.15, 0.2) is 6.10 Å². The number of carbonyl (C=O) groups excluding carboxylic acids is 2. The van der Waals surface area contributed by atoms with Gasteiger partial charge in [-0.25, -0.2) is 0 Å². The van der Waals surface area contributed by atoms with Crippen molar-refractivity contribution in [2.45, 2.75) is 245 Å². The summed E-state index contributed by atoms with van der Waals surface area (Å²) >= 11 is 0. The summed E-state index contributed by atoms with van der Waals surface area (Å²) in [5, 5.41) is 0. The molecule has 0 aliphatic rings. The third-order valence-electron chi connectivity index (χ3n) is 11.5. The quantitative estimate of drug-likeness (QED) is 0.0345. The van der Waals surface area contributed by atoms with Crippen LogP contribution in [0.15, 0.2) is 122 Å². The highest BCUT2D eigenvalue weighted by molar-refractivity contribution is 5.70. The first kappa shape index (κ1) is 64.3. The van der Waals surface area contributed by atoms with Gasteiger partial charge in [-0.3, -0.25) is 9.59 Å². The predicted molar refractivity (Wildman–Crippen MR) is 297 cm³/mol. The van der Waals surface area contributed by atoms with Gasteiger partial charge in [0.2, 0.25) is 0 Å². The van der Waals surface area contributed by atoms with Gasteiger partial charge in [-0.2, -0.15) is 0 Å². The van der Waals surface area contributed by atoms with Gasteiger partial charge in [-0.15, -0.1) is 0 Å². The van der Waals surface area contributed by atoms with Crippen LogP contribution in [0.3, 0.4) is 0 Å². The summed E-state index contributed by atoms with van der Waals surface area (Å²) in [6.07, 6.45) is 80.7. The third-order valence-corrected chi connectivity index (χ3v) is 11.5. The second-order valence-corrected chi connectivity index (χ2v) is 18.1. The fourth-order valence-corrected chi connectivity index (χ4v) is 7.34. The van der Waals surface area contributed by atoms with E-state index in [2.05, 4.69) is 142 Å². The molecule has 0 spiro atoms. The van der Waals surface area contributed by atoms with E-state index in [-0.39, 0.29) is 25.2 Å². The molecule has 0 radical (unpaired) electrons. The molecule has 386 valence electrons. The molecule has 0 fully saturated rings. The Morgan fingerprint density at radius 2 is 0.662 bits per heavy atom. The van der Waals surface area contributed by atoms with Crippen LogP contribution in [-0.4, -0.2) is 37.9 Å². The number of unbranched alkanes of at least 4 members (excludes halogenated alkanes) is 19. The Hall–Kier alpha value is -3.70.